The van der Waals surface area contributed by atoms with Crippen LogP contribution in [0.5, 0.6) is 23.0 Å². The second-order valence-electron chi connectivity index (χ2n) is 26.3. The molecule has 0 radical (unpaired) electrons. The zero-order valence-corrected chi connectivity index (χ0v) is 48.9. The van der Waals surface area contributed by atoms with Gasteiger partial charge in [0.2, 0.25) is 0 Å². The average Bonchev–Trinajstić information content (AvgIpc) is 4.07. The van der Waals surface area contributed by atoms with E-state index < -0.39 is 23.8 Å². The van der Waals surface area contributed by atoms with Crippen molar-refractivity contribution in [2.45, 2.75) is 151 Å². The number of hydrogen-bond acceptors (Lipinski definition) is 4. The highest BCUT2D eigenvalue weighted by Crippen LogP contribution is 2.47. The van der Waals surface area contributed by atoms with E-state index in [1.54, 1.807) is 12.1 Å². The second kappa shape index (κ2) is 19.6. The quantitative estimate of drug-likeness (QED) is 0.143. The molecular weight excluding hydrogens is 983 g/mol. The van der Waals surface area contributed by atoms with Crippen LogP contribution in [0.2, 0.25) is 0 Å². The highest BCUT2D eigenvalue weighted by atomic mass is 19.1. The zero-order chi connectivity index (χ0) is 57.0. The Morgan fingerprint density at radius 1 is 0.392 bits per heavy atom. The van der Waals surface area contributed by atoms with Crippen molar-refractivity contribution in [1.82, 2.24) is 9.13 Å². The van der Waals surface area contributed by atoms with Crippen LogP contribution in [0.3, 0.4) is 0 Å². The van der Waals surface area contributed by atoms with Crippen LogP contribution in [0.15, 0.2) is 133 Å². The molecule has 10 rings (SSSR count). The van der Waals surface area contributed by atoms with Gasteiger partial charge in [0.05, 0.1) is 45.6 Å². The minimum absolute atomic E-state index is 0.00195. The number of halogens is 2. The molecule has 2 N–H and O–H groups in total. The molecule has 0 aliphatic rings. The Bertz CT molecular complexity index is 3630. The van der Waals surface area contributed by atoms with Crippen LogP contribution in [0, 0.1) is 25.5 Å². The fourth-order valence-corrected chi connectivity index (χ4v) is 11.3. The number of rotatable bonds is 10. The van der Waals surface area contributed by atoms with Crippen molar-refractivity contribution in [2.75, 3.05) is 0 Å². The lowest BCUT2D eigenvalue weighted by Crippen LogP contribution is -2.23. The first-order chi connectivity index (χ1) is 37.0. The number of aryl methyl sites for hydroxylation is 2. The highest BCUT2D eigenvalue weighted by molar-refractivity contribution is 6.11. The summed E-state index contributed by atoms with van der Waals surface area (Å²) < 4.78 is 48.7. The number of phenolic OH excluding ortho intramolecular Hbond substituents is 2. The standard InChI is InChI=1S/C71H76F2N2O4/c1-40-29-56(66(76)62(31-40)74-58-23-17-44(68(5,6)7)34-50(58)51-35-45(69(8,9)10)18-24-59(51)74)54-38-48(72)21-27-64(54)78-42(3)33-43(4)79-65-28-22-49(73)39-55(65)57-30-41(2)32-63(67(57)77)75-60-25-19-46(70(11,12)13)36-52(60)53-37-47(71(14,15)16)20-26-61(53)75/h17-32,34-39,42-43,76-77H,33H2,1-16H3/t42-,43+. The normalized spacial score (nSPS) is 13.5. The molecule has 2 heterocycles. The smallest absolute Gasteiger partial charge is 0.147 e. The topological polar surface area (TPSA) is 68.8 Å². The van der Waals surface area contributed by atoms with Gasteiger partial charge in [-0.1, -0.05) is 107 Å². The van der Waals surface area contributed by atoms with Gasteiger partial charge in [-0.2, -0.15) is 0 Å². The summed E-state index contributed by atoms with van der Waals surface area (Å²) in [6.45, 7) is 34.4. The van der Waals surface area contributed by atoms with Crippen molar-refractivity contribution < 1.29 is 28.5 Å². The largest absolute Gasteiger partial charge is 0.505 e. The van der Waals surface area contributed by atoms with Crippen molar-refractivity contribution in [3.8, 4) is 56.6 Å². The molecule has 8 aromatic carbocycles. The van der Waals surface area contributed by atoms with Crippen LogP contribution < -0.4 is 9.47 Å². The molecule has 0 spiro atoms. The van der Waals surface area contributed by atoms with Gasteiger partial charge in [0.1, 0.15) is 34.6 Å². The van der Waals surface area contributed by atoms with Crippen LogP contribution >= 0.6 is 0 Å². The van der Waals surface area contributed by atoms with Gasteiger partial charge in [0, 0.05) is 50.2 Å². The summed E-state index contributed by atoms with van der Waals surface area (Å²) in [6.07, 6.45) is -0.548. The van der Waals surface area contributed by atoms with Crippen molar-refractivity contribution in [3.05, 3.63) is 178 Å². The minimum Gasteiger partial charge on any atom is -0.505 e. The Morgan fingerprint density at radius 2 is 0.684 bits per heavy atom. The molecule has 79 heavy (non-hydrogen) atoms. The molecule has 0 fully saturated rings. The van der Waals surface area contributed by atoms with E-state index in [0.29, 0.717) is 51.5 Å². The van der Waals surface area contributed by atoms with E-state index in [9.17, 15) is 10.2 Å². The third kappa shape index (κ3) is 10.4. The molecular formula is C71H76F2N2O4. The molecule has 0 saturated heterocycles. The Morgan fingerprint density at radius 3 is 0.962 bits per heavy atom. The molecule has 2 atom stereocenters. The van der Waals surface area contributed by atoms with E-state index in [4.69, 9.17) is 9.47 Å². The van der Waals surface area contributed by atoms with Gasteiger partial charge in [-0.05, 0) is 192 Å². The number of hydrogen-bond donors (Lipinski definition) is 2. The predicted octanol–water partition coefficient (Wildman–Crippen LogP) is 19.3. The van der Waals surface area contributed by atoms with E-state index in [1.165, 1.54) is 46.5 Å². The second-order valence-corrected chi connectivity index (χ2v) is 26.3. The van der Waals surface area contributed by atoms with E-state index in [0.717, 1.165) is 54.7 Å². The maximum absolute atomic E-state index is 15.5. The van der Waals surface area contributed by atoms with Gasteiger partial charge < -0.3 is 28.8 Å². The van der Waals surface area contributed by atoms with Crippen molar-refractivity contribution in [1.29, 1.82) is 0 Å². The fraction of sp³-hybridized carbons (Fsp3) is 0.324. The summed E-state index contributed by atoms with van der Waals surface area (Å²) in [5.41, 5.74) is 12.9. The van der Waals surface area contributed by atoms with Crippen LogP contribution in [0.4, 0.5) is 8.78 Å². The number of nitrogens with zero attached hydrogens (tertiary/aromatic N) is 2. The monoisotopic (exact) mass is 1060 g/mol. The SMILES string of the molecule is Cc1cc(-c2cc(F)ccc2O[C@H](C)C[C@H](C)Oc2ccc(F)cc2-c2cc(C)cc(-n3c4ccc(C(C)(C)C)cc4c4cc(C(C)(C)C)ccc43)c2O)c(O)c(-n2c3ccc(C(C)(C)C)cc3c3cc(C(C)(C)C)ccc32)c1. The number of aromatic nitrogens is 2. The van der Waals surface area contributed by atoms with E-state index >= 15 is 8.78 Å². The number of phenols is 2. The van der Waals surface area contributed by atoms with Crippen molar-refractivity contribution >= 4 is 43.6 Å². The lowest BCUT2D eigenvalue weighted by atomic mass is 9.85. The third-order valence-electron chi connectivity index (χ3n) is 15.7. The van der Waals surface area contributed by atoms with Gasteiger partial charge in [0.15, 0.2) is 0 Å². The number of ether oxygens (including phenoxy) is 2. The Labute approximate surface area is 465 Å². The molecule has 0 amide bonds. The zero-order valence-electron chi connectivity index (χ0n) is 48.9. The van der Waals surface area contributed by atoms with Crippen LogP contribution in [-0.2, 0) is 21.7 Å². The summed E-state index contributed by atoms with van der Waals surface area (Å²) in [5.74, 6) is -0.146. The van der Waals surface area contributed by atoms with Gasteiger partial charge in [-0.3, -0.25) is 0 Å². The van der Waals surface area contributed by atoms with Gasteiger partial charge >= 0.3 is 0 Å². The van der Waals surface area contributed by atoms with E-state index in [1.807, 2.05) is 52.0 Å². The molecule has 0 aliphatic heterocycles. The molecule has 6 nitrogen and oxygen atoms in total. The molecule has 2 aromatic heterocycles. The average molecular weight is 1060 g/mol. The van der Waals surface area contributed by atoms with E-state index in [-0.39, 0.29) is 33.2 Å². The predicted molar refractivity (Wildman–Crippen MR) is 325 cm³/mol. The molecule has 0 aliphatic carbocycles. The Kier molecular flexibility index (Phi) is 13.6. The third-order valence-corrected chi connectivity index (χ3v) is 15.7. The molecule has 408 valence electrons. The van der Waals surface area contributed by atoms with Crippen LogP contribution in [0.25, 0.3) is 77.2 Å². The van der Waals surface area contributed by atoms with Crippen molar-refractivity contribution in [3.63, 3.8) is 0 Å². The summed E-state index contributed by atoms with van der Waals surface area (Å²) >= 11 is 0. The number of aromatic hydroxyl groups is 2. The van der Waals surface area contributed by atoms with Crippen LogP contribution in [-0.4, -0.2) is 31.6 Å². The Balaban J connectivity index is 0.978. The van der Waals surface area contributed by atoms with E-state index in [2.05, 4.69) is 165 Å². The minimum atomic E-state index is -0.468. The summed E-state index contributed by atoms with van der Waals surface area (Å²) in [6, 6.07) is 42.8. The van der Waals surface area contributed by atoms with Gasteiger partial charge in [0.25, 0.3) is 0 Å². The first-order valence-electron chi connectivity index (χ1n) is 27.8. The lowest BCUT2D eigenvalue weighted by molar-refractivity contribution is 0.131. The Hall–Kier alpha value is -7.58. The fourth-order valence-electron chi connectivity index (χ4n) is 11.3. The number of benzene rings is 8. The molecule has 0 unspecified atom stereocenters. The maximum Gasteiger partial charge on any atom is 0.147 e. The molecule has 0 bridgehead atoms. The van der Waals surface area contributed by atoms with Gasteiger partial charge in [-0.15, -0.1) is 0 Å². The van der Waals surface area contributed by atoms with Gasteiger partial charge in [-0.25, -0.2) is 8.78 Å². The number of fused-ring (bicyclic) bond motifs is 6. The summed E-state index contributed by atoms with van der Waals surface area (Å²) in [4.78, 5) is 0. The molecule has 10 aromatic rings. The van der Waals surface area contributed by atoms with Crippen molar-refractivity contribution in [2.24, 2.45) is 0 Å². The first-order valence-corrected chi connectivity index (χ1v) is 27.8. The summed E-state index contributed by atoms with van der Waals surface area (Å²) in [5, 5.41) is 29.4. The first kappa shape index (κ1) is 54.8. The summed E-state index contributed by atoms with van der Waals surface area (Å²) in [7, 11) is 0. The maximum atomic E-state index is 15.5. The van der Waals surface area contributed by atoms with Crippen LogP contribution in [0.1, 0.15) is 137 Å². The molecule has 0 saturated carbocycles. The lowest BCUT2D eigenvalue weighted by Gasteiger charge is -2.24. The highest BCUT2D eigenvalue weighted by Gasteiger charge is 2.28. The molecule has 8 heteroatoms.